The first-order chi connectivity index (χ1) is 15.2. The molecule has 3 heterocycles. The number of benzene rings is 1. The Balaban J connectivity index is 1.74. The van der Waals surface area contributed by atoms with Gasteiger partial charge in [-0.15, -0.1) is 0 Å². The van der Waals surface area contributed by atoms with Crippen molar-refractivity contribution in [2.75, 3.05) is 24.6 Å². The van der Waals surface area contributed by atoms with E-state index in [0.29, 0.717) is 46.6 Å². The van der Waals surface area contributed by atoms with Gasteiger partial charge >= 0.3 is 0 Å². The second-order valence-electron chi connectivity index (χ2n) is 8.05. The molecular formula is C23H22ClFN4O3. The first-order valence-corrected chi connectivity index (χ1v) is 10.4. The van der Waals surface area contributed by atoms with Gasteiger partial charge in [0.05, 0.1) is 41.0 Å². The summed E-state index contributed by atoms with van der Waals surface area (Å²) in [6.07, 6.45) is 4.60. The van der Waals surface area contributed by atoms with E-state index in [0.717, 1.165) is 0 Å². The Bertz CT molecular complexity index is 1170. The van der Waals surface area contributed by atoms with Crippen LogP contribution in [-0.4, -0.2) is 46.3 Å². The van der Waals surface area contributed by atoms with Crippen LogP contribution in [0.1, 0.15) is 24.2 Å². The Labute approximate surface area is 189 Å². The van der Waals surface area contributed by atoms with Gasteiger partial charge in [-0.25, -0.2) is 4.39 Å². The summed E-state index contributed by atoms with van der Waals surface area (Å²) in [4.78, 5) is 23.2. The maximum absolute atomic E-state index is 14.4. The molecular weight excluding hydrogens is 435 g/mol. The number of hydrogen-bond acceptors (Lipinski definition) is 6. The lowest BCUT2D eigenvalue weighted by Crippen LogP contribution is -2.39. The zero-order valence-corrected chi connectivity index (χ0v) is 18.4. The summed E-state index contributed by atoms with van der Waals surface area (Å²) in [6.45, 7) is 4.15. The molecule has 0 unspecified atom stereocenters. The van der Waals surface area contributed by atoms with E-state index >= 15 is 0 Å². The largest absolute Gasteiger partial charge is 0.488 e. The van der Waals surface area contributed by atoms with Gasteiger partial charge in [-0.3, -0.25) is 14.8 Å². The molecule has 0 spiro atoms. The first-order valence-electron chi connectivity index (χ1n) is 10.0. The van der Waals surface area contributed by atoms with Crippen LogP contribution in [-0.2, 0) is 0 Å². The zero-order chi connectivity index (χ0) is 22.9. The fraction of sp³-hybridized carbons (Fsp3) is 0.261. The van der Waals surface area contributed by atoms with E-state index in [1.807, 2.05) is 4.90 Å². The van der Waals surface area contributed by atoms with Crippen molar-refractivity contribution in [3.8, 4) is 17.0 Å². The van der Waals surface area contributed by atoms with E-state index in [4.69, 9.17) is 16.3 Å². The third-order valence-electron chi connectivity index (χ3n) is 4.93. The third kappa shape index (κ3) is 4.66. The number of nitrogens with one attached hydrogen (secondary N) is 1. The number of halogens is 2. The minimum absolute atomic E-state index is 0.0853. The Morgan fingerprint density at radius 3 is 2.88 bits per heavy atom. The molecule has 2 aromatic heterocycles. The standard InChI is InChI=1S/C23H22ClFN4O3/c1-23(2,31)13-28-22(30)16-11-26-6-5-19(16)29-7-8-32-21-12-27-18(10-20(21)29)15-9-14(24)3-4-17(15)25/h3-6,9-12,31H,7-8,13H2,1-2H3,(H,28,30). The highest BCUT2D eigenvalue weighted by molar-refractivity contribution is 6.30. The summed E-state index contributed by atoms with van der Waals surface area (Å²) in [5.74, 6) is -0.291. The SMILES string of the molecule is CC(C)(O)CNC(=O)c1cnccc1N1CCOc2cnc(-c3cc(Cl)ccc3F)cc21. The highest BCUT2D eigenvalue weighted by Crippen LogP contribution is 2.40. The predicted octanol–water partition coefficient (Wildman–Crippen LogP) is 3.97. The molecule has 7 nitrogen and oxygen atoms in total. The van der Waals surface area contributed by atoms with Crippen molar-refractivity contribution in [1.82, 2.24) is 15.3 Å². The quantitative estimate of drug-likeness (QED) is 0.604. The van der Waals surface area contributed by atoms with Crippen LogP contribution in [0, 0.1) is 5.82 Å². The molecule has 0 saturated heterocycles. The van der Waals surface area contributed by atoms with E-state index in [9.17, 15) is 14.3 Å². The zero-order valence-electron chi connectivity index (χ0n) is 17.6. The molecule has 0 atom stereocenters. The van der Waals surface area contributed by atoms with Gasteiger partial charge in [0.2, 0.25) is 0 Å². The minimum atomic E-state index is -1.05. The van der Waals surface area contributed by atoms with Gasteiger partial charge in [0.1, 0.15) is 12.4 Å². The van der Waals surface area contributed by atoms with E-state index in [1.54, 1.807) is 32.2 Å². The van der Waals surface area contributed by atoms with Crippen molar-refractivity contribution >= 4 is 28.9 Å². The molecule has 32 heavy (non-hydrogen) atoms. The number of aliphatic hydroxyl groups is 1. The molecule has 9 heteroatoms. The van der Waals surface area contributed by atoms with Crippen molar-refractivity contribution in [1.29, 1.82) is 0 Å². The molecule has 1 aliphatic heterocycles. The molecule has 0 saturated carbocycles. The van der Waals surface area contributed by atoms with E-state index < -0.39 is 11.4 Å². The van der Waals surface area contributed by atoms with Crippen molar-refractivity contribution < 1.29 is 19.0 Å². The van der Waals surface area contributed by atoms with E-state index in [-0.39, 0.29) is 18.0 Å². The van der Waals surface area contributed by atoms with Crippen molar-refractivity contribution in [2.45, 2.75) is 19.4 Å². The van der Waals surface area contributed by atoms with Crippen LogP contribution in [0.4, 0.5) is 15.8 Å². The Hall–Kier alpha value is -3.23. The van der Waals surface area contributed by atoms with Crippen LogP contribution >= 0.6 is 11.6 Å². The normalized spacial score (nSPS) is 13.3. The molecule has 4 rings (SSSR count). The summed E-state index contributed by atoms with van der Waals surface area (Å²) in [5.41, 5.74) is 1.21. The number of ether oxygens (including phenoxy) is 1. The van der Waals surface area contributed by atoms with Crippen molar-refractivity contribution in [3.63, 3.8) is 0 Å². The van der Waals surface area contributed by atoms with Crippen LogP contribution in [0.15, 0.2) is 48.9 Å². The summed E-state index contributed by atoms with van der Waals surface area (Å²) in [7, 11) is 0. The summed E-state index contributed by atoms with van der Waals surface area (Å²) in [6, 6.07) is 7.72. The lowest BCUT2D eigenvalue weighted by Gasteiger charge is -2.32. The number of carbonyl (C=O) groups is 1. The molecule has 0 bridgehead atoms. The predicted molar refractivity (Wildman–Crippen MR) is 120 cm³/mol. The lowest BCUT2D eigenvalue weighted by molar-refractivity contribution is 0.0694. The highest BCUT2D eigenvalue weighted by atomic mass is 35.5. The van der Waals surface area contributed by atoms with Gasteiger partial charge in [-0.1, -0.05) is 11.6 Å². The smallest absolute Gasteiger partial charge is 0.255 e. The molecule has 2 N–H and O–H groups in total. The lowest BCUT2D eigenvalue weighted by atomic mass is 10.1. The van der Waals surface area contributed by atoms with Crippen molar-refractivity contribution in [3.05, 3.63) is 65.3 Å². The third-order valence-corrected chi connectivity index (χ3v) is 5.16. The van der Waals surface area contributed by atoms with E-state index in [1.165, 1.54) is 30.6 Å². The molecule has 1 amide bonds. The summed E-state index contributed by atoms with van der Waals surface area (Å²) in [5, 5.41) is 13.1. The van der Waals surface area contributed by atoms with Gasteiger partial charge in [0.25, 0.3) is 5.91 Å². The molecule has 0 radical (unpaired) electrons. The highest BCUT2D eigenvalue weighted by Gasteiger charge is 2.26. The Morgan fingerprint density at radius 2 is 2.09 bits per heavy atom. The number of pyridine rings is 2. The number of rotatable bonds is 5. The monoisotopic (exact) mass is 456 g/mol. The van der Waals surface area contributed by atoms with Crippen LogP contribution in [0.3, 0.4) is 0 Å². The van der Waals surface area contributed by atoms with Crippen LogP contribution in [0.2, 0.25) is 5.02 Å². The molecule has 166 valence electrons. The molecule has 1 aliphatic rings. The van der Waals surface area contributed by atoms with Crippen molar-refractivity contribution in [2.24, 2.45) is 0 Å². The second-order valence-corrected chi connectivity index (χ2v) is 8.49. The Morgan fingerprint density at radius 1 is 1.28 bits per heavy atom. The first kappa shape index (κ1) is 22.0. The van der Waals surface area contributed by atoms with Crippen LogP contribution in [0.5, 0.6) is 5.75 Å². The van der Waals surface area contributed by atoms with Gasteiger partial charge in [-0.05, 0) is 44.2 Å². The van der Waals surface area contributed by atoms with Crippen LogP contribution < -0.4 is 15.0 Å². The number of aromatic nitrogens is 2. The average molecular weight is 457 g/mol. The number of hydrogen-bond donors (Lipinski definition) is 2. The molecule has 1 aromatic carbocycles. The molecule has 0 fully saturated rings. The fourth-order valence-electron chi connectivity index (χ4n) is 3.40. The number of fused-ring (bicyclic) bond motifs is 1. The topological polar surface area (TPSA) is 87.6 Å². The fourth-order valence-corrected chi connectivity index (χ4v) is 3.57. The summed E-state index contributed by atoms with van der Waals surface area (Å²) >= 11 is 6.05. The number of carbonyl (C=O) groups excluding carboxylic acids is 1. The molecule has 0 aliphatic carbocycles. The second kappa shape index (κ2) is 8.72. The maximum Gasteiger partial charge on any atom is 0.255 e. The van der Waals surface area contributed by atoms with Crippen LogP contribution in [0.25, 0.3) is 11.3 Å². The number of amides is 1. The van der Waals surface area contributed by atoms with E-state index in [2.05, 4.69) is 15.3 Å². The van der Waals surface area contributed by atoms with Gasteiger partial charge in [0.15, 0.2) is 5.75 Å². The number of anilines is 2. The van der Waals surface area contributed by atoms with Gasteiger partial charge in [-0.2, -0.15) is 0 Å². The Kier molecular flexibility index (Phi) is 5.99. The maximum atomic E-state index is 14.4. The van der Waals surface area contributed by atoms with Gasteiger partial charge in [0, 0.05) is 29.5 Å². The minimum Gasteiger partial charge on any atom is -0.488 e. The average Bonchev–Trinajstić information content (AvgIpc) is 2.78. The molecule has 3 aromatic rings. The van der Waals surface area contributed by atoms with Gasteiger partial charge < -0.3 is 20.1 Å². The summed E-state index contributed by atoms with van der Waals surface area (Å²) < 4.78 is 20.2. The number of nitrogens with zero attached hydrogens (tertiary/aromatic N) is 3.